The second-order valence-corrected chi connectivity index (χ2v) is 12.9. The summed E-state index contributed by atoms with van der Waals surface area (Å²) in [4.78, 5) is 36.0. The Morgan fingerprint density at radius 3 is 2.28 bits per heavy atom. The third-order valence-corrected chi connectivity index (χ3v) is 9.20. The van der Waals surface area contributed by atoms with Crippen LogP contribution in [0.4, 0.5) is 10.5 Å². The molecule has 3 aromatic carbocycles. The fourth-order valence-corrected chi connectivity index (χ4v) is 6.44. The molecule has 4 N–H and O–H groups in total. The number of nitrogens with zero attached hydrogens (tertiary/aromatic N) is 2. The van der Waals surface area contributed by atoms with Gasteiger partial charge >= 0.3 is 6.09 Å². The van der Waals surface area contributed by atoms with Crippen molar-refractivity contribution >= 4 is 27.7 Å². The van der Waals surface area contributed by atoms with E-state index in [1.165, 1.54) is 24.3 Å². The Morgan fingerprint density at radius 2 is 1.67 bits per heavy atom. The van der Waals surface area contributed by atoms with Crippen LogP contribution in [0.5, 0.6) is 5.75 Å². The molecule has 3 aromatic rings. The van der Waals surface area contributed by atoms with Gasteiger partial charge in [-0.1, -0.05) is 37.1 Å². The maximum Gasteiger partial charge on any atom is 0.407 e. The predicted octanol–water partition coefficient (Wildman–Crippen LogP) is 4.45. The van der Waals surface area contributed by atoms with E-state index >= 15 is 0 Å². The van der Waals surface area contributed by atoms with E-state index in [0.29, 0.717) is 16.9 Å². The molecular formula is C32H37N3O10S. The van der Waals surface area contributed by atoms with E-state index in [9.17, 15) is 38.3 Å². The third-order valence-electron chi connectivity index (χ3n) is 7.88. The molecule has 246 valence electrons. The molecule has 0 bridgehead atoms. The number of sulfonamides is 1. The van der Waals surface area contributed by atoms with Crippen molar-refractivity contribution < 1.29 is 43.0 Å². The molecule has 13 nitrogen and oxygen atoms in total. The molecule has 0 aliphatic heterocycles. The van der Waals surface area contributed by atoms with Crippen molar-refractivity contribution in [3.8, 4) is 16.9 Å². The number of amides is 2. The number of carbonyl (C=O) groups excluding carboxylic acids is 1. The lowest BCUT2D eigenvalue weighted by Gasteiger charge is -2.22. The van der Waals surface area contributed by atoms with Gasteiger partial charge in [-0.3, -0.25) is 14.9 Å². The first-order chi connectivity index (χ1) is 22.0. The van der Waals surface area contributed by atoms with E-state index in [2.05, 4.69) is 4.72 Å². The smallest absolute Gasteiger partial charge is 0.407 e. The van der Waals surface area contributed by atoms with E-state index in [-0.39, 0.29) is 50.1 Å². The van der Waals surface area contributed by atoms with Crippen LogP contribution in [0.1, 0.15) is 65.6 Å². The Labute approximate surface area is 266 Å². The largest absolute Gasteiger partial charge is 0.492 e. The number of aliphatic hydroxyl groups is 2. The molecule has 1 fully saturated rings. The molecule has 46 heavy (non-hydrogen) atoms. The summed E-state index contributed by atoms with van der Waals surface area (Å²) in [5.74, 6) is -0.422. The number of ether oxygens (including phenoxy) is 1. The molecule has 1 atom stereocenters. The summed E-state index contributed by atoms with van der Waals surface area (Å²) in [6.45, 7) is -0.569. The van der Waals surface area contributed by atoms with Gasteiger partial charge in [0.15, 0.2) is 0 Å². The predicted molar refractivity (Wildman–Crippen MR) is 169 cm³/mol. The Kier molecular flexibility index (Phi) is 11.7. The van der Waals surface area contributed by atoms with Crippen LogP contribution in [0.15, 0.2) is 66.7 Å². The van der Waals surface area contributed by atoms with Crippen LogP contribution < -0.4 is 9.46 Å². The number of hydrogen-bond acceptors (Lipinski definition) is 9. The van der Waals surface area contributed by atoms with Crippen molar-refractivity contribution in [2.24, 2.45) is 0 Å². The summed E-state index contributed by atoms with van der Waals surface area (Å²) in [7, 11) is -3.88. The molecule has 0 aromatic heterocycles. The second kappa shape index (κ2) is 15.7. The van der Waals surface area contributed by atoms with Gasteiger partial charge in [0.1, 0.15) is 12.4 Å². The minimum Gasteiger partial charge on any atom is -0.492 e. The molecule has 0 saturated heterocycles. The topological polar surface area (TPSA) is 197 Å². The zero-order valence-corrected chi connectivity index (χ0v) is 25.9. The highest BCUT2D eigenvalue weighted by atomic mass is 32.2. The summed E-state index contributed by atoms with van der Waals surface area (Å²) in [6, 6.07) is 17.7. The molecule has 4 rings (SSSR count). The normalized spacial score (nSPS) is 14.0. The maximum atomic E-state index is 13.0. The Bertz CT molecular complexity index is 1620. The van der Waals surface area contributed by atoms with Crippen LogP contribution in [-0.4, -0.2) is 77.6 Å². The average Bonchev–Trinajstić information content (AvgIpc) is 3.58. The maximum absolute atomic E-state index is 13.0. The molecule has 2 amide bonds. The van der Waals surface area contributed by atoms with Crippen LogP contribution in [-0.2, 0) is 10.0 Å². The molecule has 1 aliphatic rings. The Balaban J connectivity index is 1.40. The molecule has 1 saturated carbocycles. The van der Waals surface area contributed by atoms with Crippen molar-refractivity contribution in [2.45, 2.75) is 44.1 Å². The van der Waals surface area contributed by atoms with Gasteiger partial charge in [0.2, 0.25) is 10.0 Å². The number of non-ortho nitro benzene ring substituents is 1. The monoisotopic (exact) mass is 655 g/mol. The van der Waals surface area contributed by atoms with Crippen molar-refractivity contribution in [3.05, 3.63) is 93.5 Å². The molecule has 0 spiro atoms. The van der Waals surface area contributed by atoms with Gasteiger partial charge in [-0.15, -0.1) is 0 Å². The van der Waals surface area contributed by atoms with E-state index in [4.69, 9.17) is 9.84 Å². The third kappa shape index (κ3) is 9.25. The first-order valence-corrected chi connectivity index (χ1v) is 16.6. The average molecular weight is 656 g/mol. The summed E-state index contributed by atoms with van der Waals surface area (Å²) in [5, 5.41) is 39.9. The standard InChI is InChI=1S/C32H37N3O10S/c36-17-3-19-46(43,44)33-31(38)28-15-10-25(20-29(28)23-4-1-2-5-23)22-8-13-27(14-9-22)45-18-16-34(32(39)40)21-30(37)24-6-11-26(12-7-24)35(41)42/h6-15,20,23,30,36-37H,1-5,16-19,21H2,(H,33,38)(H,39,40)/t30-/m0/s1. The zero-order chi connectivity index (χ0) is 33.3. The fourth-order valence-electron chi connectivity index (χ4n) is 5.44. The second-order valence-electron chi connectivity index (χ2n) is 11.1. The van der Waals surface area contributed by atoms with Crippen molar-refractivity contribution in [2.75, 3.05) is 32.1 Å². The number of hydrogen-bond donors (Lipinski definition) is 4. The minimum atomic E-state index is -3.88. The fraction of sp³-hybridized carbons (Fsp3) is 0.375. The van der Waals surface area contributed by atoms with Crippen LogP contribution >= 0.6 is 0 Å². The molecule has 0 unspecified atom stereocenters. The quantitative estimate of drug-likeness (QED) is 0.134. The van der Waals surface area contributed by atoms with Gasteiger partial charge in [0.05, 0.1) is 29.9 Å². The number of nitrogens with one attached hydrogen (secondary N) is 1. The summed E-state index contributed by atoms with van der Waals surface area (Å²) >= 11 is 0. The highest BCUT2D eigenvalue weighted by Crippen LogP contribution is 2.38. The van der Waals surface area contributed by atoms with E-state index in [0.717, 1.165) is 47.3 Å². The SMILES string of the molecule is O=C(NS(=O)(=O)CCCO)c1ccc(-c2ccc(OCCN(C[C@H](O)c3ccc([N+](=O)[O-])cc3)C(=O)O)cc2)cc1C1CCCC1. The van der Waals surface area contributed by atoms with Crippen molar-refractivity contribution in [1.82, 2.24) is 9.62 Å². The zero-order valence-electron chi connectivity index (χ0n) is 25.1. The van der Waals surface area contributed by atoms with Gasteiger partial charge in [0, 0.05) is 24.3 Å². The lowest BCUT2D eigenvalue weighted by molar-refractivity contribution is -0.384. The van der Waals surface area contributed by atoms with Gasteiger partial charge in [-0.05, 0) is 77.8 Å². The number of aliphatic hydroxyl groups excluding tert-OH is 2. The van der Waals surface area contributed by atoms with Crippen LogP contribution in [0, 0.1) is 10.1 Å². The highest BCUT2D eigenvalue weighted by molar-refractivity contribution is 7.90. The molecule has 14 heteroatoms. The molecule has 0 heterocycles. The number of benzene rings is 3. The molecule has 0 radical (unpaired) electrons. The van der Waals surface area contributed by atoms with Crippen molar-refractivity contribution in [3.63, 3.8) is 0 Å². The Morgan fingerprint density at radius 1 is 1.02 bits per heavy atom. The summed E-state index contributed by atoms with van der Waals surface area (Å²) < 4.78 is 32.5. The number of nitro benzene ring substituents is 1. The number of carboxylic acid groups (broad SMARTS) is 1. The van der Waals surface area contributed by atoms with Gasteiger partial charge in [-0.25, -0.2) is 17.9 Å². The van der Waals surface area contributed by atoms with E-state index in [1.807, 2.05) is 18.2 Å². The first kappa shape index (κ1) is 34.3. The highest BCUT2D eigenvalue weighted by Gasteiger charge is 2.25. The number of carbonyl (C=O) groups is 2. The molecule has 1 aliphatic carbocycles. The lowest BCUT2D eigenvalue weighted by Crippen LogP contribution is -2.36. The molecular weight excluding hydrogens is 618 g/mol. The summed E-state index contributed by atoms with van der Waals surface area (Å²) in [5.41, 5.74) is 2.99. The minimum absolute atomic E-state index is 0.00940. The van der Waals surface area contributed by atoms with Gasteiger partial charge in [-0.2, -0.15) is 0 Å². The summed E-state index contributed by atoms with van der Waals surface area (Å²) in [6.07, 6.45) is 1.43. The lowest BCUT2D eigenvalue weighted by atomic mass is 9.89. The van der Waals surface area contributed by atoms with E-state index in [1.54, 1.807) is 24.3 Å². The Hall–Kier alpha value is -4.53. The van der Waals surface area contributed by atoms with Crippen LogP contribution in [0.2, 0.25) is 0 Å². The van der Waals surface area contributed by atoms with Crippen LogP contribution in [0.3, 0.4) is 0 Å². The van der Waals surface area contributed by atoms with Gasteiger partial charge in [0.25, 0.3) is 11.6 Å². The van der Waals surface area contributed by atoms with Gasteiger partial charge < -0.3 is 25.0 Å². The number of nitro groups is 1. The number of rotatable bonds is 15. The van der Waals surface area contributed by atoms with E-state index < -0.39 is 33.1 Å². The first-order valence-electron chi connectivity index (χ1n) is 14.9. The van der Waals surface area contributed by atoms with Crippen molar-refractivity contribution in [1.29, 1.82) is 0 Å². The van der Waals surface area contributed by atoms with Crippen LogP contribution in [0.25, 0.3) is 11.1 Å².